The van der Waals surface area contributed by atoms with Crippen LogP contribution in [0.15, 0.2) is 41.2 Å². The highest BCUT2D eigenvalue weighted by atomic mass is 16.5. The zero-order chi connectivity index (χ0) is 17.5. The van der Waals surface area contributed by atoms with E-state index in [-0.39, 0.29) is 5.56 Å². The van der Waals surface area contributed by atoms with Crippen molar-refractivity contribution in [3.8, 4) is 0 Å². The van der Waals surface area contributed by atoms with E-state index in [0.717, 1.165) is 49.7 Å². The minimum atomic E-state index is -0.0736. The molecule has 1 aliphatic carbocycles. The third kappa shape index (κ3) is 2.98. The van der Waals surface area contributed by atoms with E-state index in [0.29, 0.717) is 19.3 Å². The number of aromatic amines is 1. The second kappa shape index (κ2) is 6.43. The monoisotopic (exact) mass is 352 g/mol. The van der Waals surface area contributed by atoms with E-state index in [9.17, 15) is 4.79 Å². The zero-order valence-electron chi connectivity index (χ0n) is 14.8. The van der Waals surface area contributed by atoms with Gasteiger partial charge in [-0.2, -0.15) is 4.98 Å². The van der Waals surface area contributed by atoms with Gasteiger partial charge in [0.15, 0.2) is 0 Å². The topological polar surface area (TPSA) is 61.5 Å². The fourth-order valence-corrected chi connectivity index (χ4v) is 4.45. The number of anilines is 2. The average Bonchev–Trinajstić information content (AvgIpc) is 3.37. The second-order valence-corrected chi connectivity index (χ2v) is 7.60. The minimum absolute atomic E-state index is 0.0736. The normalized spacial score (nSPS) is 27.5. The van der Waals surface area contributed by atoms with Gasteiger partial charge in [0.1, 0.15) is 5.82 Å². The summed E-state index contributed by atoms with van der Waals surface area (Å²) >= 11 is 0. The van der Waals surface area contributed by atoms with Gasteiger partial charge < -0.3 is 14.5 Å². The van der Waals surface area contributed by atoms with Gasteiger partial charge in [-0.1, -0.05) is 30.3 Å². The van der Waals surface area contributed by atoms with E-state index in [1.807, 2.05) is 0 Å². The molecule has 6 nitrogen and oxygen atoms in total. The van der Waals surface area contributed by atoms with Crippen molar-refractivity contribution in [1.29, 1.82) is 0 Å². The summed E-state index contributed by atoms with van der Waals surface area (Å²) in [6.45, 7) is 3.95. The number of aromatic nitrogens is 2. The summed E-state index contributed by atoms with van der Waals surface area (Å²) < 4.78 is 5.42. The molecule has 1 aromatic carbocycles. The first-order chi connectivity index (χ1) is 12.8. The van der Waals surface area contributed by atoms with Crippen LogP contribution in [0.4, 0.5) is 11.8 Å². The predicted molar refractivity (Wildman–Crippen MR) is 101 cm³/mol. The summed E-state index contributed by atoms with van der Waals surface area (Å²) in [4.78, 5) is 24.6. The third-order valence-corrected chi connectivity index (χ3v) is 5.91. The van der Waals surface area contributed by atoms with E-state index in [4.69, 9.17) is 9.72 Å². The fourth-order valence-electron chi connectivity index (χ4n) is 4.45. The van der Waals surface area contributed by atoms with E-state index in [2.05, 4.69) is 45.1 Å². The minimum Gasteiger partial charge on any atom is -0.378 e. The molecule has 0 unspecified atom stereocenters. The van der Waals surface area contributed by atoms with Crippen LogP contribution < -0.4 is 15.4 Å². The Labute approximate surface area is 152 Å². The lowest BCUT2D eigenvalue weighted by atomic mass is 10.0. The van der Waals surface area contributed by atoms with Crippen molar-refractivity contribution in [1.82, 2.24) is 9.97 Å². The highest BCUT2D eigenvalue weighted by Gasteiger charge is 2.52. The van der Waals surface area contributed by atoms with Crippen LogP contribution in [0, 0.1) is 11.8 Å². The molecular weight excluding hydrogens is 328 g/mol. The number of rotatable bonds is 4. The number of benzene rings is 1. The number of hydrogen-bond donors (Lipinski definition) is 1. The number of nitrogens with zero attached hydrogens (tertiary/aromatic N) is 3. The van der Waals surface area contributed by atoms with Crippen molar-refractivity contribution < 1.29 is 4.74 Å². The number of ether oxygens (including phenoxy) is 1. The Kier molecular flexibility index (Phi) is 3.93. The maximum absolute atomic E-state index is 12.3. The highest BCUT2D eigenvalue weighted by molar-refractivity contribution is 5.47. The molecule has 3 aliphatic rings. The summed E-state index contributed by atoms with van der Waals surface area (Å²) in [6, 6.07) is 12.7. The lowest BCUT2D eigenvalue weighted by Crippen LogP contribution is -2.40. The van der Waals surface area contributed by atoms with E-state index in [1.54, 1.807) is 6.07 Å². The molecule has 0 bridgehead atoms. The van der Waals surface area contributed by atoms with Gasteiger partial charge >= 0.3 is 0 Å². The summed E-state index contributed by atoms with van der Waals surface area (Å²) in [6.07, 6.45) is 2.31. The molecule has 2 aliphatic heterocycles. The standard InChI is InChI=1S/C20H24N4O2/c25-19-12-18(23-6-8-26-9-7-23)21-20(22-19)24-13-15-11-16(15)17(24)10-14-4-2-1-3-5-14/h1-5,12,15-17H,6-11,13H2,(H,21,22,25)/t15-,16-,17+/m0/s1. The van der Waals surface area contributed by atoms with Gasteiger partial charge in [0.2, 0.25) is 5.95 Å². The Balaban J connectivity index is 1.43. The first-order valence-corrected chi connectivity index (χ1v) is 9.52. The summed E-state index contributed by atoms with van der Waals surface area (Å²) in [5, 5.41) is 0. The molecule has 5 rings (SSSR count). The molecule has 2 saturated heterocycles. The van der Waals surface area contributed by atoms with Gasteiger partial charge in [0, 0.05) is 31.7 Å². The number of piperidine rings is 1. The number of fused-ring (bicyclic) bond motifs is 1. The van der Waals surface area contributed by atoms with Crippen LogP contribution in [0.1, 0.15) is 12.0 Å². The molecule has 136 valence electrons. The van der Waals surface area contributed by atoms with Gasteiger partial charge in [-0.25, -0.2) is 0 Å². The predicted octanol–water partition coefficient (Wildman–Crippen LogP) is 1.67. The molecule has 26 heavy (non-hydrogen) atoms. The van der Waals surface area contributed by atoms with Crippen LogP contribution in [0.2, 0.25) is 0 Å². The molecule has 6 heteroatoms. The quantitative estimate of drug-likeness (QED) is 0.907. The Bertz CT molecular complexity index is 831. The Morgan fingerprint density at radius 1 is 1.19 bits per heavy atom. The van der Waals surface area contributed by atoms with Gasteiger partial charge in [-0.05, 0) is 30.2 Å². The Morgan fingerprint density at radius 2 is 2.00 bits per heavy atom. The number of H-pyrrole nitrogens is 1. The first kappa shape index (κ1) is 15.9. The molecule has 1 N–H and O–H groups in total. The van der Waals surface area contributed by atoms with Gasteiger partial charge in [-0.15, -0.1) is 0 Å². The summed E-state index contributed by atoms with van der Waals surface area (Å²) in [7, 11) is 0. The number of hydrogen-bond acceptors (Lipinski definition) is 5. The Morgan fingerprint density at radius 3 is 2.81 bits per heavy atom. The van der Waals surface area contributed by atoms with Crippen LogP contribution in [0.25, 0.3) is 0 Å². The highest BCUT2D eigenvalue weighted by Crippen LogP contribution is 2.51. The Hall–Kier alpha value is -2.34. The van der Waals surface area contributed by atoms with Crippen LogP contribution in [-0.4, -0.2) is 48.9 Å². The van der Waals surface area contributed by atoms with Crippen molar-refractivity contribution in [2.45, 2.75) is 18.9 Å². The SMILES string of the molecule is O=c1cc(N2CCOCC2)nc(N2C[C@@H]3C[C@@H]3[C@H]2Cc2ccccc2)[nH]1. The largest absolute Gasteiger partial charge is 0.378 e. The van der Waals surface area contributed by atoms with Crippen LogP contribution in [0.5, 0.6) is 0 Å². The molecule has 0 radical (unpaired) electrons. The van der Waals surface area contributed by atoms with E-state index >= 15 is 0 Å². The number of morpholine rings is 1. The van der Waals surface area contributed by atoms with Crippen molar-refractivity contribution in [2.75, 3.05) is 42.6 Å². The van der Waals surface area contributed by atoms with Crippen molar-refractivity contribution in [3.63, 3.8) is 0 Å². The molecule has 1 saturated carbocycles. The summed E-state index contributed by atoms with van der Waals surface area (Å²) in [5.41, 5.74) is 1.28. The maximum atomic E-state index is 12.3. The molecule has 3 fully saturated rings. The summed E-state index contributed by atoms with van der Waals surface area (Å²) in [5.74, 6) is 2.98. The van der Waals surface area contributed by atoms with Crippen LogP contribution in [-0.2, 0) is 11.2 Å². The second-order valence-electron chi connectivity index (χ2n) is 7.60. The average molecular weight is 352 g/mol. The van der Waals surface area contributed by atoms with E-state index in [1.165, 1.54) is 12.0 Å². The molecule has 3 heterocycles. The molecule has 2 aromatic rings. The third-order valence-electron chi connectivity index (χ3n) is 5.91. The van der Waals surface area contributed by atoms with Gasteiger partial charge in [0.05, 0.1) is 13.2 Å². The van der Waals surface area contributed by atoms with Crippen molar-refractivity contribution in [2.24, 2.45) is 11.8 Å². The molecule has 1 aromatic heterocycles. The smallest absolute Gasteiger partial charge is 0.254 e. The fraction of sp³-hybridized carbons (Fsp3) is 0.500. The van der Waals surface area contributed by atoms with E-state index < -0.39 is 0 Å². The lowest BCUT2D eigenvalue weighted by molar-refractivity contribution is 0.122. The number of nitrogens with one attached hydrogen (secondary N) is 1. The maximum Gasteiger partial charge on any atom is 0.254 e. The molecular formula is C20H24N4O2. The zero-order valence-corrected chi connectivity index (χ0v) is 14.8. The molecule has 0 amide bonds. The molecule has 3 atom stereocenters. The van der Waals surface area contributed by atoms with Gasteiger partial charge in [0.25, 0.3) is 5.56 Å². The van der Waals surface area contributed by atoms with Crippen molar-refractivity contribution >= 4 is 11.8 Å². The van der Waals surface area contributed by atoms with Crippen molar-refractivity contribution in [3.05, 3.63) is 52.3 Å². The lowest BCUT2D eigenvalue weighted by Gasteiger charge is -2.31. The van der Waals surface area contributed by atoms with Gasteiger partial charge in [-0.3, -0.25) is 9.78 Å². The van der Waals surface area contributed by atoms with Crippen LogP contribution in [0.3, 0.4) is 0 Å². The van der Waals surface area contributed by atoms with Crippen LogP contribution >= 0.6 is 0 Å². The molecule has 0 spiro atoms. The first-order valence-electron chi connectivity index (χ1n) is 9.52.